The van der Waals surface area contributed by atoms with Gasteiger partial charge in [0.05, 0.1) is 0 Å². The Labute approximate surface area is 91.4 Å². The molecule has 1 unspecified atom stereocenters. The molecule has 1 rings (SSSR count). The minimum atomic E-state index is -0.0469. The Hall–Kier alpha value is -0.320. The van der Waals surface area contributed by atoms with Gasteiger partial charge in [0.1, 0.15) is 0 Å². The minimum absolute atomic E-state index is 0. The lowest BCUT2D eigenvalue weighted by Crippen LogP contribution is -2.45. The quantitative estimate of drug-likeness (QED) is 0.687. The van der Waals surface area contributed by atoms with E-state index in [4.69, 9.17) is 11.5 Å². The first-order valence-electron chi connectivity index (χ1n) is 4.89. The summed E-state index contributed by atoms with van der Waals surface area (Å²) >= 11 is 0. The lowest BCUT2D eigenvalue weighted by atomic mass is 10.0. The number of amides is 1. The standard InChI is InChI=1S/C9H19N3O.ClH/c1-7(6-10)9(13)12-4-2-8(11)3-5-12;/h7-8H,2-6,10-11H2,1H3;1H. The molecule has 0 bridgehead atoms. The van der Waals surface area contributed by atoms with Crippen LogP contribution in [0.3, 0.4) is 0 Å². The zero-order valence-corrected chi connectivity index (χ0v) is 9.43. The molecule has 1 aliphatic heterocycles. The fraction of sp³-hybridized carbons (Fsp3) is 0.889. The van der Waals surface area contributed by atoms with Gasteiger partial charge >= 0.3 is 0 Å². The van der Waals surface area contributed by atoms with Gasteiger partial charge in [-0.3, -0.25) is 4.79 Å². The summed E-state index contributed by atoms with van der Waals surface area (Å²) in [5.41, 5.74) is 11.2. The summed E-state index contributed by atoms with van der Waals surface area (Å²) in [6.45, 7) is 3.90. The molecule has 1 heterocycles. The highest BCUT2D eigenvalue weighted by Gasteiger charge is 2.23. The number of hydrogen-bond donors (Lipinski definition) is 2. The second-order valence-corrected chi connectivity index (χ2v) is 3.80. The van der Waals surface area contributed by atoms with E-state index in [1.807, 2.05) is 11.8 Å². The maximum absolute atomic E-state index is 11.6. The zero-order chi connectivity index (χ0) is 9.84. The van der Waals surface area contributed by atoms with Gasteiger partial charge in [-0.1, -0.05) is 6.92 Å². The molecule has 1 fully saturated rings. The third-order valence-corrected chi connectivity index (χ3v) is 2.63. The molecule has 0 aromatic rings. The molecule has 84 valence electrons. The summed E-state index contributed by atoms with van der Waals surface area (Å²) in [6.07, 6.45) is 1.84. The molecule has 0 saturated carbocycles. The number of halogens is 1. The van der Waals surface area contributed by atoms with Crippen molar-refractivity contribution in [2.24, 2.45) is 17.4 Å². The van der Waals surface area contributed by atoms with E-state index in [0.29, 0.717) is 6.54 Å². The van der Waals surface area contributed by atoms with Gasteiger partial charge in [0.2, 0.25) is 5.91 Å². The van der Waals surface area contributed by atoms with Crippen molar-refractivity contribution in [1.29, 1.82) is 0 Å². The second kappa shape index (κ2) is 6.22. The summed E-state index contributed by atoms with van der Waals surface area (Å²) in [5.74, 6) is 0.128. The summed E-state index contributed by atoms with van der Waals surface area (Å²) in [7, 11) is 0. The van der Waals surface area contributed by atoms with Crippen molar-refractivity contribution in [3.8, 4) is 0 Å². The van der Waals surface area contributed by atoms with E-state index in [9.17, 15) is 4.79 Å². The molecule has 0 aromatic carbocycles. The summed E-state index contributed by atoms with van der Waals surface area (Å²) in [4.78, 5) is 13.5. The predicted molar refractivity (Wildman–Crippen MR) is 59.3 cm³/mol. The van der Waals surface area contributed by atoms with Crippen LogP contribution < -0.4 is 11.5 Å². The van der Waals surface area contributed by atoms with E-state index in [2.05, 4.69) is 0 Å². The van der Waals surface area contributed by atoms with Gasteiger partial charge in [-0.05, 0) is 12.8 Å². The highest BCUT2D eigenvalue weighted by atomic mass is 35.5. The van der Waals surface area contributed by atoms with Crippen LogP contribution in [0.5, 0.6) is 0 Å². The van der Waals surface area contributed by atoms with Gasteiger partial charge in [0, 0.05) is 31.6 Å². The number of nitrogens with two attached hydrogens (primary N) is 2. The first-order chi connectivity index (χ1) is 6.15. The minimum Gasteiger partial charge on any atom is -0.342 e. The Morgan fingerprint density at radius 3 is 2.43 bits per heavy atom. The maximum atomic E-state index is 11.6. The number of nitrogens with zero attached hydrogens (tertiary/aromatic N) is 1. The van der Waals surface area contributed by atoms with Crippen molar-refractivity contribution in [2.75, 3.05) is 19.6 Å². The number of piperidine rings is 1. The second-order valence-electron chi connectivity index (χ2n) is 3.80. The predicted octanol–water partition coefficient (Wildman–Crippen LogP) is -0.0473. The van der Waals surface area contributed by atoms with Crippen LogP contribution in [0.25, 0.3) is 0 Å². The van der Waals surface area contributed by atoms with E-state index in [0.717, 1.165) is 25.9 Å². The highest BCUT2D eigenvalue weighted by molar-refractivity contribution is 5.85. The van der Waals surface area contributed by atoms with Crippen LogP contribution in [0.4, 0.5) is 0 Å². The Morgan fingerprint density at radius 1 is 1.50 bits per heavy atom. The molecule has 4 nitrogen and oxygen atoms in total. The number of rotatable bonds is 2. The van der Waals surface area contributed by atoms with E-state index in [-0.39, 0.29) is 30.3 Å². The molecule has 14 heavy (non-hydrogen) atoms. The van der Waals surface area contributed by atoms with Gasteiger partial charge < -0.3 is 16.4 Å². The fourth-order valence-electron chi connectivity index (χ4n) is 1.53. The monoisotopic (exact) mass is 221 g/mol. The van der Waals surface area contributed by atoms with Crippen LogP contribution in [0.1, 0.15) is 19.8 Å². The SMILES string of the molecule is CC(CN)C(=O)N1CCC(N)CC1.Cl. The topological polar surface area (TPSA) is 72.4 Å². The smallest absolute Gasteiger partial charge is 0.226 e. The molecule has 0 radical (unpaired) electrons. The zero-order valence-electron chi connectivity index (χ0n) is 8.61. The van der Waals surface area contributed by atoms with E-state index < -0.39 is 0 Å². The number of carbonyl (C=O) groups excluding carboxylic acids is 1. The fourth-order valence-corrected chi connectivity index (χ4v) is 1.53. The van der Waals surface area contributed by atoms with Crippen molar-refractivity contribution in [3.63, 3.8) is 0 Å². The van der Waals surface area contributed by atoms with Crippen LogP contribution in [-0.4, -0.2) is 36.5 Å². The molecule has 1 atom stereocenters. The molecular formula is C9H20ClN3O. The highest BCUT2D eigenvalue weighted by Crippen LogP contribution is 2.11. The molecule has 1 aliphatic rings. The van der Waals surface area contributed by atoms with Crippen LogP contribution in [0.2, 0.25) is 0 Å². The lowest BCUT2D eigenvalue weighted by Gasteiger charge is -2.31. The lowest BCUT2D eigenvalue weighted by molar-refractivity contribution is -0.135. The van der Waals surface area contributed by atoms with Gasteiger partial charge in [-0.15, -0.1) is 12.4 Å². The molecule has 0 aliphatic carbocycles. The van der Waals surface area contributed by atoms with Gasteiger partial charge in [0.15, 0.2) is 0 Å². The van der Waals surface area contributed by atoms with Crippen molar-refractivity contribution in [1.82, 2.24) is 4.90 Å². The average molecular weight is 222 g/mol. The Balaban J connectivity index is 0.00000169. The van der Waals surface area contributed by atoms with Gasteiger partial charge in [-0.25, -0.2) is 0 Å². The normalized spacial score (nSPS) is 20.1. The average Bonchev–Trinajstić information content (AvgIpc) is 2.17. The third kappa shape index (κ3) is 3.44. The first kappa shape index (κ1) is 13.7. The summed E-state index contributed by atoms with van der Waals surface area (Å²) in [6, 6.07) is 0.275. The van der Waals surface area contributed by atoms with Crippen molar-refractivity contribution < 1.29 is 4.79 Å². The molecule has 1 amide bonds. The maximum Gasteiger partial charge on any atom is 0.226 e. The number of carbonyl (C=O) groups is 1. The molecule has 0 aromatic heterocycles. The van der Waals surface area contributed by atoms with Crippen molar-refractivity contribution in [3.05, 3.63) is 0 Å². The van der Waals surface area contributed by atoms with Crippen molar-refractivity contribution in [2.45, 2.75) is 25.8 Å². The summed E-state index contributed by atoms with van der Waals surface area (Å²) < 4.78 is 0. The van der Waals surface area contributed by atoms with E-state index in [1.54, 1.807) is 0 Å². The van der Waals surface area contributed by atoms with Crippen LogP contribution in [0, 0.1) is 5.92 Å². The largest absolute Gasteiger partial charge is 0.342 e. The number of hydrogen-bond acceptors (Lipinski definition) is 3. The van der Waals surface area contributed by atoms with Crippen LogP contribution in [-0.2, 0) is 4.79 Å². The first-order valence-corrected chi connectivity index (χ1v) is 4.89. The van der Waals surface area contributed by atoms with Gasteiger partial charge in [0.25, 0.3) is 0 Å². The Morgan fingerprint density at radius 2 is 2.00 bits per heavy atom. The van der Waals surface area contributed by atoms with Crippen molar-refractivity contribution >= 4 is 18.3 Å². The summed E-state index contributed by atoms with van der Waals surface area (Å²) in [5, 5.41) is 0. The third-order valence-electron chi connectivity index (χ3n) is 2.63. The Bertz CT molecular complexity index is 181. The van der Waals surface area contributed by atoms with Gasteiger partial charge in [-0.2, -0.15) is 0 Å². The van der Waals surface area contributed by atoms with E-state index >= 15 is 0 Å². The van der Waals surface area contributed by atoms with Crippen LogP contribution >= 0.6 is 12.4 Å². The number of likely N-dealkylation sites (tertiary alicyclic amines) is 1. The molecule has 1 saturated heterocycles. The van der Waals surface area contributed by atoms with Crippen LogP contribution in [0.15, 0.2) is 0 Å². The molecular weight excluding hydrogens is 202 g/mol. The van der Waals surface area contributed by atoms with E-state index in [1.165, 1.54) is 0 Å². The molecule has 5 heteroatoms. The molecule has 0 spiro atoms. The molecule has 4 N–H and O–H groups in total. The Kier molecular flexibility index (Phi) is 6.08.